The van der Waals surface area contributed by atoms with E-state index in [2.05, 4.69) is 33.9 Å². The summed E-state index contributed by atoms with van der Waals surface area (Å²) in [6, 6.07) is 12.4. The maximum absolute atomic E-state index is 13.3. The van der Waals surface area contributed by atoms with Gasteiger partial charge in [0.15, 0.2) is 0 Å². The van der Waals surface area contributed by atoms with Gasteiger partial charge in [0.1, 0.15) is 5.75 Å². The molecule has 5 atom stereocenters. The third-order valence-electron chi connectivity index (χ3n) is 10.3. The van der Waals surface area contributed by atoms with Crippen LogP contribution in [0.3, 0.4) is 0 Å². The van der Waals surface area contributed by atoms with E-state index in [9.17, 15) is 4.79 Å². The first-order valence-corrected chi connectivity index (χ1v) is 16.3. The van der Waals surface area contributed by atoms with Crippen molar-refractivity contribution < 1.29 is 14.3 Å². The van der Waals surface area contributed by atoms with Crippen molar-refractivity contribution in [3.8, 4) is 5.75 Å². The predicted octanol–water partition coefficient (Wildman–Crippen LogP) is 6.97. The Morgan fingerprint density at radius 3 is 2.88 bits per heavy atom. The standard InChI is InChI=1S/C33H39ClN2O3S/c1-38-31-22-6-4-21(5-7-22)18-40-35-32(37)24-9-13-30-29(16-24)36(17-25-8-11-27(25)31)19-33(20-39-30)14-2-3-23-15-26(34)10-12-28(23)33/h6,9-10,12-13,15-16,21,25,27,31H,2-5,7-8,11,14,17-20H2,1H3,(H,35,37)/t21-,25-,27+,31+,33-/m0/s1. The lowest BCUT2D eigenvalue weighted by Crippen LogP contribution is -2.50. The van der Waals surface area contributed by atoms with Crippen LogP contribution in [0.4, 0.5) is 5.69 Å². The molecule has 8 rings (SSSR count). The number of hydrogen-bond acceptors (Lipinski definition) is 5. The monoisotopic (exact) mass is 578 g/mol. The van der Waals surface area contributed by atoms with Gasteiger partial charge in [-0.15, -0.1) is 0 Å². The van der Waals surface area contributed by atoms with Crippen LogP contribution in [-0.4, -0.2) is 44.6 Å². The molecule has 1 saturated carbocycles. The highest BCUT2D eigenvalue weighted by Crippen LogP contribution is 2.48. The Morgan fingerprint density at radius 2 is 2.08 bits per heavy atom. The Hall–Kier alpha value is -2.15. The molecule has 0 unspecified atom stereocenters. The summed E-state index contributed by atoms with van der Waals surface area (Å²) in [6.07, 6.45) is 11.7. The van der Waals surface area contributed by atoms with E-state index in [1.165, 1.54) is 36.0 Å². The number of halogens is 1. The van der Waals surface area contributed by atoms with Gasteiger partial charge in [-0.05, 0) is 128 Å². The van der Waals surface area contributed by atoms with Gasteiger partial charge in [0.25, 0.3) is 5.91 Å². The van der Waals surface area contributed by atoms with Crippen LogP contribution >= 0.6 is 23.5 Å². The van der Waals surface area contributed by atoms with Crippen LogP contribution in [0.2, 0.25) is 5.02 Å². The van der Waals surface area contributed by atoms with E-state index in [0.29, 0.717) is 29.9 Å². The molecule has 1 spiro atoms. The van der Waals surface area contributed by atoms with Crippen LogP contribution in [0.5, 0.6) is 5.75 Å². The van der Waals surface area contributed by atoms with Gasteiger partial charge in [-0.25, -0.2) is 0 Å². The van der Waals surface area contributed by atoms with Gasteiger partial charge in [0.2, 0.25) is 0 Å². The highest BCUT2D eigenvalue weighted by molar-refractivity contribution is 7.97. The largest absolute Gasteiger partial charge is 0.490 e. The number of carbonyl (C=O) groups excluding carboxylic acids is 1. The van der Waals surface area contributed by atoms with E-state index >= 15 is 0 Å². The minimum absolute atomic E-state index is 0.0236. The van der Waals surface area contributed by atoms with Crippen molar-refractivity contribution in [1.82, 2.24) is 4.72 Å². The Bertz CT molecular complexity index is 1330. The van der Waals surface area contributed by atoms with Gasteiger partial charge in [0, 0.05) is 42.0 Å². The molecule has 0 saturated heterocycles. The number of aryl methyl sites for hydroxylation is 1. The number of carbonyl (C=O) groups is 1. The Kier molecular flexibility index (Phi) is 7.30. The summed E-state index contributed by atoms with van der Waals surface area (Å²) < 4.78 is 16.0. The zero-order valence-corrected chi connectivity index (χ0v) is 24.9. The molecule has 4 bridgehead atoms. The fourth-order valence-electron chi connectivity index (χ4n) is 7.96. The quantitative estimate of drug-likeness (QED) is 0.292. The molecule has 5 nitrogen and oxygen atoms in total. The first-order chi connectivity index (χ1) is 19.5. The van der Waals surface area contributed by atoms with Crippen molar-refractivity contribution in [2.75, 3.05) is 37.5 Å². The lowest BCUT2D eigenvalue weighted by molar-refractivity contribution is 0.00323. The molecule has 6 aliphatic rings. The first kappa shape index (κ1) is 26.7. The maximum atomic E-state index is 13.3. The molecule has 3 aliphatic heterocycles. The maximum Gasteiger partial charge on any atom is 0.261 e. The number of rotatable bonds is 1. The van der Waals surface area contributed by atoms with Crippen molar-refractivity contribution in [2.24, 2.45) is 17.8 Å². The van der Waals surface area contributed by atoms with Crippen molar-refractivity contribution in [2.45, 2.75) is 62.9 Å². The summed E-state index contributed by atoms with van der Waals surface area (Å²) in [5.74, 6) is 3.46. The summed E-state index contributed by atoms with van der Waals surface area (Å²) in [7, 11) is 1.90. The normalized spacial score (nSPS) is 31.7. The number of allylic oxidation sites excluding steroid dienone is 1. The minimum atomic E-state index is -0.114. The summed E-state index contributed by atoms with van der Waals surface area (Å²) >= 11 is 7.98. The third kappa shape index (κ3) is 4.84. The zero-order valence-electron chi connectivity index (χ0n) is 23.3. The summed E-state index contributed by atoms with van der Waals surface area (Å²) in [5.41, 5.74) is 5.85. The number of nitrogens with one attached hydrogen (secondary N) is 1. The van der Waals surface area contributed by atoms with Crippen LogP contribution in [0, 0.1) is 17.8 Å². The summed E-state index contributed by atoms with van der Waals surface area (Å²) in [5, 5.41) is 0.804. The van der Waals surface area contributed by atoms with Crippen LogP contribution in [0.15, 0.2) is 48.0 Å². The Morgan fingerprint density at radius 1 is 1.15 bits per heavy atom. The van der Waals surface area contributed by atoms with Gasteiger partial charge in [-0.1, -0.05) is 23.7 Å². The molecule has 1 N–H and O–H groups in total. The molecule has 3 heterocycles. The number of fused-ring (bicyclic) bond motifs is 7. The van der Waals surface area contributed by atoms with Gasteiger partial charge in [0.05, 0.1) is 18.4 Å². The molecule has 0 aromatic heterocycles. The van der Waals surface area contributed by atoms with Crippen molar-refractivity contribution in [3.63, 3.8) is 0 Å². The molecule has 2 aromatic carbocycles. The van der Waals surface area contributed by atoms with Crippen molar-refractivity contribution in [1.29, 1.82) is 0 Å². The van der Waals surface area contributed by atoms with Gasteiger partial charge in [-0.2, -0.15) is 0 Å². The molecule has 1 amide bonds. The molecule has 3 aliphatic carbocycles. The third-order valence-corrected chi connectivity index (χ3v) is 11.5. The zero-order chi connectivity index (χ0) is 27.3. The number of nitrogens with zero attached hydrogens (tertiary/aromatic N) is 1. The molecule has 2 aromatic rings. The predicted molar refractivity (Wildman–Crippen MR) is 163 cm³/mol. The fourth-order valence-corrected chi connectivity index (χ4v) is 9.03. The molecular weight excluding hydrogens is 540 g/mol. The molecule has 0 radical (unpaired) electrons. The lowest BCUT2D eigenvalue weighted by Gasteiger charge is -2.47. The molecular formula is C33H39ClN2O3S. The summed E-state index contributed by atoms with van der Waals surface area (Å²) in [4.78, 5) is 15.8. The van der Waals surface area contributed by atoms with Crippen molar-refractivity contribution in [3.05, 3.63) is 69.8 Å². The number of hydrogen-bond donors (Lipinski definition) is 1. The first-order valence-electron chi connectivity index (χ1n) is 15.0. The SMILES string of the molecule is CO[C@@H]1C2=CC[C@@H](CC2)CSNC(=O)c2ccc3c(c2)N(C[C@@H]2CC[C@H]21)C[C@@]1(CCCc2cc(Cl)ccc21)CO3. The Labute approximate surface area is 247 Å². The fraction of sp³-hybridized carbons (Fsp3) is 0.545. The molecule has 7 heteroatoms. The van der Waals surface area contributed by atoms with E-state index in [1.807, 2.05) is 25.3 Å². The molecule has 212 valence electrons. The highest BCUT2D eigenvalue weighted by atomic mass is 35.5. The van der Waals surface area contributed by atoms with Crippen molar-refractivity contribution >= 4 is 35.1 Å². The number of benzene rings is 2. The lowest BCUT2D eigenvalue weighted by atomic mass is 9.66. The smallest absolute Gasteiger partial charge is 0.261 e. The second-order valence-corrected chi connectivity index (χ2v) is 13.9. The van der Waals surface area contributed by atoms with E-state index in [0.717, 1.165) is 67.4 Å². The topological polar surface area (TPSA) is 50.8 Å². The van der Waals surface area contributed by atoms with E-state index in [4.69, 9.17) is 21.1 Å². The van der Waals surface area contributed by atoms with Crippen LogP contribution in [-0.2, 0) is 16.6 Å². The second kappa shape index (κ2) is 10.9. The van der Waals surface area contributed by atoms with Crippen LogP contribution in [0.25, 0.3) is 0 Å². The van der Waals surface area contributed by atoms with Gasteiger partial charge >= 0.3 is 0 Å². The number of methoxy groups -OCH3 is 1. The van der Waals surface area contributed by atoms with Crippen LogP contribution < -0.4 is 14.4 Å². The minimum Gasteiger partial charge on any atom is -0.490 e. The number of ether oxygens (including phenoxy) is 2. The molecule has 1 fully saturated rings. The van der Waals surface area contributed by atoms with Gasteiger partial charge in [-0.3, -0.25) is 9.52 Å². The highest BCUT2D eigenvalue weighted by Gasteiger charge is 2.45. The number of amides is 1. The second-order valence-electron chi connectivity index (χ2n) is 12.6. The average Bonchev–Trinajstić information content (AvgIpc) is 3.10. The van der Waals surface area contributed by atoms with Crippen LogP contribution in [0.1, 0.15) is 66.4 Å². The van der Waals surface area contributed by atoms with E-state index in [1.54, 1.807) is 11.9 Å². The van der Waals surface area contributed by atoms with E-state index in [-0.39, 0.29) is 17.4 Å². The average molecular weight is 579 g/mol. The summed E-state index contributed by atoms with van der Waals surface area (Å²) in [6.45, 7) is 2.45. The van der Waals surface area contributed by atoms with Gasteiger partial charge < -0.3 is 14.4 Å². The number of anilines is 1. The Balaban J connectivity index is 1.28. The van der Waals surface area contributed by atoms with E-state index < -0.39 is 0 Å². The molecule has 40 heavy (non-hydrogen) atoms.